The van der Waals surface area contributed by atoms with Crippen LogP contribution in [-0.2, 0) is 11.2 Å². The van der Waals surface area contributed by atoms with Crippen molar-refractivity contribution >= 4 is 5.91 Å². The van der Waals surface area contributed by atoms with Crippen molar-refractivity contribution in [3.05, 3.63) is 29.6 Å². The summed E-state index contributed by atoms with van der Waals surface area (Å²) in [5.41, 5.74) is 1.51. The maximum Gasteiger partial charge on any atom is 0.251 e. The van der Waals surface area contributed by atoms with Crippen LogP contribution >= 0.6 is 0 Å². The minimum atomic E-state index is -0.121. The Kier molecular flexibility index (Phi) is 5.09. The minimum Gasteiger partial charge on any atom is -0.396 e. The van der Waals surface area contributed by atoms with Crippen molar-refractivity contribution in [1.82, 2.24) is 10.3 Å². The molecule has 1 aliphatic rings. The molecule has 0 bridgehead atoms. The summed E-state index contributed by atoms with van der Waals surface area (Å²) in [5.74, 6) is -0.0755. The first kappa shape index (κ1) is 14.9. The van der Waals surface area contributed by atoms with Crippen molar-refractivity contribution in [3.8, 4) is 0 Å². The predicted octanol–water partition coefficient (Wildman–Crippen LogP) is 1.16. The number of hydrogen-bond acceptors (Lipinski definition) is 4. The molecule has 0 saturated carbocycles. The van der Waals surface area contributed by atoms with Crippen molar-refractivity contribution in [2.45, 2.75) is 26.2 Å². The number of amides is 1. The van der Waals surface area contributed by atoms with E-state index < -0.39 is 0 Å². The Morgan fingerprint density at radius 2 is 2.45 bits per heavy atom. The number of carbonyl (C=O) groups is 1. The van der Waals surface area contributed by atoms with Crippen molar-refractivity contribution in [2.24, 2.45) is 5.41 Å². The molecule has 1 aliphatic heterocycles. The molecule has 0 aromatic carbocycles. The van der Waals surface area contributed by atoms with Crippen LogP contribution in [0.1, 0.15) is 35.7 Å². The van der Waals surface area contributed by atoms with E-state index in [1.165, 1.54) is 0 Å². The second kappa shape index (κ2) is 6.81. The van der Waals surface area contributed by atoms with Gasteiger partial charge in [-0.2, -0.15) is 0 Å². The molecule has 0 aliphatic carbocycles. The van der Waals surface area contributed by atoms with Crippen LogP contribution in [0, 0.1) is 5.41 Å². The van der Waals surface area contributed by atoms with Crippen molar-refractivity contribution < 1.29 is 14.6 Å². The van der Waals surface area contributed by atoms with Crippen molar-refractivity contribution in [1.29, 1.82) is 0 Å². The molecule has 1 saturated heterocycles. The van der Waals surface area contributed by atoms with Crippen LogP contribution < -0.4 is 5.32 Å². The maximum absolute atomic E-state index is 12.3. The lowest BCUT2D eigenvalue weighted by Crippen LogP contribution is -2.39. The van der Waals surface area contributed by atoms with E-state index in [-0.39, 0.29) is 17.9 Å². The fourth-order valence-electron chi connectivity index (χ4n) is 2.61. The monoisotopic (exact) mass is 278 g/mol. The van der Waals surface area contributed by atoms with Crippen LogP contribution in [0.5, 0.6) is 0 Å². The number of aryl methyl sites for hydroxylation is 1. The van der Waals surface area contributed by atoms with Gasteiger partial charge in [-0.25, -0.2) is 0 Å². The second-order valence-electron chi connectivity index (χ2n) is 5.35. The van der Waals surface area contributed by atoms with Crippen LogP contribution in [-0.4, -0.2) is 42.4 Å². The SMILES string of the molecule is CCc1cnccc1C(=O)NCC1(CCO)CCOC1. The van der Waals surface area contributed by atoms with Crippen LogP contribution in [0.15, 0.2) is 18.5 Å². The minimum absolute atomic E-state index is 0.0755. The first-order valence-electron chi connectivity index (χ1n) is 7.10. The van der Waals surface area contributed by atoms with E-state index >= 15 is 0 Å². The lowest BCUT2D eigenvalue weighted by molar-refractivity contribution is 0.0888. The topological polar surface area (TPSA) is 71.5 Å². The first-order valence-corrected chi connectivity index (χ1v) is 7.10. The van der Waals surface area contributed by atoms with Crippen LogP contribution in [0.25, 0.3) is 0 Å². The highest BCUT2D eigenvalue weighted by molar-refractivity contribution is 5.95. The first-order chi connectivity index (χ1) is 9.71. The zero-order valence-corrected chi connectivity index (χ0v) is 11.9. The third-order valence-corrected chi connectivity index (χ3v) is 3.98. The molecule has 110 valence electrons. The van der Waals surface area contributed by atoms with Gasteiger partial charge in [0.25, 0.3) is 5.91 Å². The van der Waals surface area contributed by atoms with E-state index in [9.17, 15) is 9.90 Å². The average molecular weight is 278 g/mol. The molecule has 1 fully saturated rings. The van der Waals surface area contributed by atoms with E-state index in [0.717, 1.165) is 18.4 Å². The highest BCUT2D eigenvalue weighted by Gasteiger charge is 2.34. The van der Waals surface area contributed by atoms with Gasteiger partial charge in [-0.15, -0.1) is 0 Å². The second-order valence-corrected chi connectivity index (χ2v) is 5.35. The van der Waals surface area contributed by atoms with Gasteiger partial charge in [0.05, 0.1) is 6.61 Å². The Morgan fingerprint density at radius 3 is 3.10 bits per heavy atom. The molecule has 1 unspecified atom stereocenters. The molecule has 2 rings (SSSR count). The van der Waals surface area contributed by atoms with Crippen molar-refractivity contribution in [3.63, 3.8) is 0 Å². The fourth-order valence-corrected chi connectivity index (χ4v) is 2.61. The summed E-state index contributed by atoms with van der Waals surface area (Å²) in [7, 11) is 0. The Morgan fingerprint density at radius 1 is 1.60 bits per heavy atom. The third-order valence-electron chi connectivity index (χ3n) is 3.98. The molecular weight excluding hydrogens is 256 g/mol. The van der Waals surface area contributed by atoms with Gasteiger partial charge in [-0.1, -0.05) is 6.92 Å². The largest absolute Gasteiger partial charge is 0.396 e. The highest BCUT2D eigenvalue weighted by Crippen LogP contribution is 2.31. The van der Waals surface area contributed by atoms with Crippen molar-refractivity contribution in [2.75, 3.05) is 26.4 Å². The Hall–Kier alpha value is -1.46. The third kappa shape index (κ3) is 3.35. The lowest BCUT2D eigenvalue weighted by atomic mass is 9.84. The Labute approximate surface area is 119 Å². The molecule has 1 atom stereocenters. The molecule has 5 heteroatoms. The number of nitrogens with one attached hydrogen (secondary N) is 1. The summed E-state index contributed by atoms with van der Waals surface area (Å²) in [5, 5.41) is 12.2. The number of aliphatic hydroxyl groups excluding tert-OH is 1. The number of carbonyl (C=O) groups excluding carboxylic acids is 1. The van der Waals surface area contributed by atoms with E-state index in [2.05, 4.69) is 10.3 Å². The van der Waals surface area contributed by atoms with Gasteiger partial charge >= 0.3 is 0 Å². The summed E-state index contributed by atoms with van der Waals surface area (Å²) < 4.78 is 5.42. The normalized spacial score (nSPS) is 21.9. The average Bonchev–Trinajstić information content (AvgIpc) is 2.94. The van der Waals surface area contributed by atoms with Gasteiger partial charge in [-0.05, 0) is 30.9 Å². The molecular formula is C15H22N2O3. The number of nitrogens with zero attached hydrogens (tertiary/aromatic N) is 1. The van der Waals surface area contributed by atoms with E-state index in [1.807, 2.05) is 6.92 Å². The lowest BCUT2D eigenvalue weighted by Gasteiger charge is -2.26. The fraction of sp³-hybridized carbons (Fsp3) is 0.600. The van der Waals surface area contributed by atoms with Crippen LogP contribution in [0.3, 0.4) is 0 Å². The number of hydrogen-bond donors (Lipinski definition) is 2. The zero-order chi connectivity index (χ0) is 14.4. The van der Waals surface area contributed by atoms with Gasteiger partial charge in [0, 0.05) is 43.1 Å². The molecule has 0 spiro atoms. The maximum atomic E-state index is 12.3. The standard InChI is InChI=1S/C15H22N2O3/c1-2-12-9-16-6-3-13(12)14(19)17-10-15(4-7-18)5-8-20-11-15/h3,6,9,18H,2,4-5,7-8,10-11H2,1H3,(H,17,19). The van der Waals surface area contributed by atoms with Crippen LogP contribution in [0.4, 0.5) is 0 Å². The molecule has 1 aromatic rings. The molecule has 1 amide bonds. The number of rotatable bonds is 6. The summed E-state index contributed by atoms with van der Waals surface area (Å²) in [4.78, 5) is 16.3. The quantitative estimate of drug-likeness (QED) is 0.819. The van der Waals surface area contributed by atoms with E-state index in [4.69, 9.17) is 4.74 Å². The van der Waals surface area contributed by atoms with Gasteiger partial charge in [0.15, 0.2) is 0 Å². The van der Waals surface area contributed by atoms with Gasteiger partial charge < -0.3 is 15.2 Å². The number of aliphatic hydroxyl groups is 1. The smallest absolute Gasteiger partial charge is 0.251 e. The summed E-state index contributed by atoms with van der Waals surface area (Å²) >= 11 is 0. The van der Waals surface area contributed by atoms with Gasteiger partial charge in [0.2, 0.25) is 0 Å². The molecule has 0 radical (unpaired) electrons. The predicted molar refractivity (Wildman–Crippen MR) is 75.5 cm³/mol. The van der Waals surface area contributed by atoms with E-state index in [1.54, 1.807) is 18.5 Å². The summed E-state index contributed by atoms with van der Waals surface area (Å²) in [6.07, 6.45) is 5.68. The number of aromatic nitrogens is 1. The van der Waals surface area contributed by atoms with Gasteiger partial charge in [-0.3, -0.25) is 9.78 Å². The summed E-state index contributed by atoms with van der Waals surface area (Å²) in [6.45, 7) is 3.97. The van der Waals surface area contributed by atoms with Crippen LogP contribution in [0.2, 0.25) is 0 Å². The molecule has 2 heterocycles. The zero-order valence-electron chi connectivity index (χ0n) is 11.9. The molecule has 1 aromatic heterocycles. The Balaban J connectivity index is 2.00. The molecule has 5 nitrogen and oxygen atoms in total. The van der Waals surface area contributed by atoms with Gasteiger partial charge in [0.1, 0.15) is 0 Å². The Bertz CT molecular complexity index is 456. The summed E-state index contributed by atoms with van der Waals surface area (Å²) in [6, 6.07) is 1.75. The highest BCUT2D eigenvalue weighted by atomic mass is 16.5. The number of ether oxygens (including phenoxy) is 1. The molecule has 20 heavy (non-hydrogen) atoms. The molecule has 2 N–H and O–H groups in total. The van der Waals surface area contributed by atoms with E-state index in [0.29, 0.717) is 31.7 Å². The number of pyridine rings is 1.